The normalized spacial score (nSPS) is 28.8. The van der Waals surface area contributed by atoms with Gasteiger partial charge in [0.1, 0.15) is 5.75 Å². The van der Waals surface area contributed by atoms with Crippen molar-refractivity contribution in [3.8, 4) is 5.75 Å². The molecule has 3 aliphatic rings. The Bertz CT molecular complexity index is 690. The number of methoxy groups -OCH3 is 1. The SMILES string of the molecule is COc1ccc(C(=O)N2CC[C@@]3(C[C@H](N4CCCC4=O)CCO3)C2)cc1. The Morgan fingerprint density at radius 3 is 2.77 bits per heavy atom. The van der Waals surface area contributed by atoms with Crippen molar-refractivity contribution in [2.24, 2.45) is 0 Å². The number of amides is 2. The molecule has 2 atom stereocenters. The van der Waals surface area contributed by atoms with Gasteiger partial charge in [-0.1, -0.05) is 0 Å². The van der Waals surface area contributed by atoms with Crippen LogP contribution in [-0.2, 0) is 9.53 Å². The maximum Gasteiger partial charge on any atom is 0.253 e. The van der Waals surface area contributed by atoms with Gasteiger partial charge >= 0.3 is 0 Å². The fraction of sp³-hybridized carbons (Fsp3) is 0.600. The highest BCUT2D eigenvalue weighted by Gasteiger charge is 2.46. The highest BCUT2D eigenvalue weighted by molar-refractivity contribution is 5.94. The second-order valence-corrected chi connectivity index (χ2v) is 7.57. The van der Waals surface area contributed by atoms with Crippen LogP contribution in [0.3, 0.4) is 0 Å². The minimum atomic E-state index is -0.298. The molecule has 0 aliphatic carbocycles. The molecule has 0 saturated carbocycles. The lowest BCUT2D eigenvalue weighted by molar-refractivity contribution is -0.137. The van der Waals surface area contributed by atoms with Crippen LogP contribution in [0.5, 0.6) is 5.75 Å². The second-order valence-electron chi connectivity index (χ2n) is 7.57. The quantitative estimate of drug-likeness (QED) is 0.830. The van der Waals surface area contributed by atoms with Crippen LogP contribution >= 0.6 is 0 Å². The summed E-state index contributed by atoms with van der Waals surface area (Å²) in [5, 5.41) is 0. The van der Waals surface area contributed by atoms with Crippen LogP contribution in [0.1, 0.15) is 42.5 Å². The molecule has 0 N–H and O–H groups in total. The van der Waals surface area contributed by atoms with Crippen LogP contribution < -0.4 is 4.74 Å². The van der Waals surface area contributed by atoms with Gasteiger partial charge in [0.2, 0.25) is 5.91 Å². The number of nitrogens with zero attached hydrogens (tertiary/aromatic N) is 2. The van der Waals surface area contributed by atoms with E-state index in [0.717, 1.165) is 38.0 Å². The van der Waals surface area contributed by atoms with E-state index >= 15 is 0 Å². The second kappa shape index (κ2) is 6.91. The van der Waals surface area contributed by atoms with E-state index in [0.29, 0.717) is 31.7 Å². The number of likely N-dealkylation sites (tertiary alicyclic amines) is 2. The molecule has 0 bridgehead atoms. The molecule has 0 unspecified atom stereocenters. The Hall–Kier alpha value is -2.08. The van der Waals surface area contributed by atoms with Gasteiger partial charge in [-0.25, -0.2) is 0 Å². The molecule has 6 nitrogen and oxygen atoms in total. The van der Waals surface area contributed by atoms with E-state index in [1.165, 1.54) is 0 Å². The van der Waals surface area contributed by atoms with Crippen molar-refractivity contribution in [3.63, 3.8) is 0 Å². The topological polar surface area (TPSA) is 59.1 Å². The van der Waals surface area contributed by atoms with Gasteiger partial charge in [0.15, 0.2) is 0 Å². The van der Waals surface area contributed by atoms with Crippen molar-refractivity contribution in [3.05, 3.63) is 29.8 Å². The van der Waals surface area contributed by atoms with Crippen LogP contribution in [-0.4, -0.2) is 66.6 Å². The lowest BCUT2D eigenvalue weighted by Crippen LogP contribution is -2.50. The van der Waals surface area contributed by atoms with Gasteiger partial charge in [0.25, 0.3) is 5.91 Å². The molecule has 26 heavy (non-hydrogen) atoms. The summed E-state index contributed by atoms with van der Waals surface area (Å²) in [5.74, 6) is 1.05. The fourth-order valence-corrected chi connectivity index (χ4v) is 4.54. The number of benzene rings is 1. The predicted molar refractivity (Wildman–Crippen MR) is 96.2 cm³/mol. The van der Waals surface area contributed by atoms with E-state index in [1.807, 2.05) is 21.9 Å². The summed E-state index contributed by atoms with van der Waals surface area (Å²) < 4.78 is 11.3. The first kappa shape index (κ1) is 17.3. The van der Waals surface area contributed by atoms with Crippen LogP contribution in [0.25, 0.3) is 0 Å². The Kier molecular flexibility index (Phi) is 4.61. The Balaban J connectivity index is 1.43. The molecular weight excluding hydrogens is 332 g/mol. The minimum Gasteiger partial charge on any atom is -0.497 e. The molecule has 3 aliphatic heterocycles. The number of carbonyl (C=O) groups excluding carboxylic acids is 2. The summed E-state index contributed by atoms with van der Waals surface area (Å²) in [5.41, 5.74) is 0.374. The van der Waals surface area contributed by atoms with Crippen LogP contribution in [0.15, 0.2) is 24.3 Å². The molecule has 1 spiro atoms. The van der Waals surface area contributed by atoms with Gasteiger partial charge < -0.3 is 19.3 Å². The van der Waals surface area contributed by atoms with E-state index in [4.69, 9.17) is 9.47 Å². The van der Waals surface area contributed by atoms with Crippen molar-refractivity contribution in [1.82, 2.24) is 9.80 Å². The van der Waals surface area contributed by atoms with E-state index in [-0.39, 0.29) is 23.5 Å². The van der Waals surface area contributed by atoms with Gasteiger partial charge in [-0.3, -0.25) is 9.59 Å². The molecular formula is C20H26N2O4. The van der Waals surface area contributed by atoms with Gasteiger partial charge in [0, 0.05) is 37.7 Å². The zero-order valence-corrected chi connectivity index (χ0v) is 15.3. The van der Waals surface area contributed by atoms with Crippen molar-refractivity contribution in [2.45, 2.75) is 43.7 Å². The number of hydrogen-bond acceptors (Lipinski definition) is 4. The molecule has 0 aromatic heterocycles. The summed E-state index contributed by atoms with van der Waals surface area (Å²) in [6, 6.07) is 7.49. The van der Waals surface area contributed by atoms with Crippen molar-refractivity contribution < 1.29 is 19.1 Å². The molecule has 2 amide bonds. The van der Waals surface area contributed by atoms with Gasteiger partial charge in [-0.15, -0.1) is 0 Å². The van der Waals surface area contributed by atoms with Gasteiger partial charge in [-0.05, 0) is 49.9 Å². The highest BCUT2D eigenvalue weighted by atomic mass is 16.5. The first-order valence-electron chi connectivity index (χ1n) is 9.47. The fourth-order valence-electron chi connectivity index (χ4n) is 4.54. The summed E-state index contributed by atoms with van der Waals surface area (Å²) in [7, 11) is 1.61. The van der Waals surface area contributed by atoms with Crippen LogP contribution in [0.4, 0.5) is 0 Å². The molecule has 1 aromatic carbocycles. The van der Waals surface area contributed by atoms with Crippen molar-refractivity contribution in [2.75, 3.05) is 33.4 Å². The summed E-state index contributed by atoms with van der Waals surface area (Å²) in [6.07, 6.45) is 4.22. The third kappa shape index (κ3) is 3.18. The molecule has 4 rings (SSSR count). The maximum absolute atomic E-state index is 12.8. The van der Waals surface area contributed by atoms with E-state index < -0.39 is 0 Å². The molecule has 3 fully saturated rings. The summed E-state index contributed by atoms with van der Waals surface area (Å²) in [6.45, 7) is 2.84. The Labute approximate surface area is 154 Å². The molecule has 3 saturated heterocycles. The monoisotopic (exact) mass is 358 g/mol. The molecule has 0 radical (unpaired) electrons. The van der Waals surface area contributed by atoms with Crippen molar-refractivity contribution in [1.29, 1.82) is 0 Å². The summed E-state index contributed by atoms with van der Waals surface area (Å²) in [4.78, 5) is 28.8. The minimum absolute atomic E-state index is 0.0347. The van der Waals surface area contributed by atoms with Gasteiger partial charge in [-0.2, -0.15) is 0 Å². The van der Waals surface area contributed by atoms with Crippen molar-refractivity contribution >= 4 is 11.8 Å². The first-order valence-corrected chi connectivity index (χ1v) is 9.47. The van der Waals surface area contributed by atoms with Crippen LogP contribution in [0.2, 0.25) is 0 Å². The Morgan fingerprint density at radius 2 is 2.08 bits per heavy atom. The lowest BCUT2D eigenvalue weighted by atomic mass is 9.89. The zero-order valence-electron chi connectivity index (χ0n) is 15.3. The largest absolute Gasteiger partial charge is 0.497 e. The maximum atomic E-state index is 12.8. The predicted octanol–water partition coefficient (Wildman–Crippen LogP) is 2.08. The standard InChI is InChI=1S/C20H26N2O4/c1-25-17-6-4-15(5-7-17)19(24)21-11-9-20(14-21)13-16(8-12-26-20)22-10-2-3-18(22)23/h4-7,16H,2-3,8-14H2,1H3/t16-,20-/m1/s1. The number of rotatable bonds is 3. The van der Waals surface area contributed by atoms with E-state index in [9.17, 15) is 9.59 Å². The average molecular weight is 358 g/mol. The van der Waals surface area contributed by atoms with E-state index in [1.54, 1.807) is 19.2 Å². The summed E-state index contributed by atoms with van der Waals surface area (Å²) >= 11 is 0. The third-order valence-electron chi connectivity index (χ3n) is 5.96. The molecule has 1 aromatic rings. The molecule has 140 valence electrons. The third-order valence-corrected chi connectivity index (χ3v) is 5.96. The first-order chi connectivity index (χ1) is 12.6. The highest BCUT2D eigenvalue weighted by Crippen LogP contribution is 2.37. The zero-order chi connectivity index (χ0) is 18.1. The van der Waals surface area contributed by atoms with E-state index in [2.05, 4.69) is 0 Å². The molecule has 3 heterocycles. The van der Waals surface area contributed by atoms with Crippen LogP contribution in [0, 0.1) is 0 Å². The number of carbonyl (C=O) groups is 2. The molecule has 6 heteroatoms. The number of hydrogen-bond donors (Lipinski definition) is 0. The van der Waals surface area contributed by atoms with Gasteiger partial charge in [0.05, 0.1) is 19.3 Å². The Morgan fingerprint density at radius 1 is 1.27 bits per heavy atom. The number of ether oxygens (including phenoxy) is 2. The smallest absolute Gasteiger partial charge is 0.253 e. The average Bonchev–Trinajstić information content (AvgIpc) is 3.28. The lowest BCUT2D eigenvalue weighted by Gasteiger charge is -2.41.